The highest BCUT2D eigenvalue weighted by molar-refractivity contribution is 7.90. The molecule has 1 aliphatic rings. The van der Waals surface area contributed by atoms with E-state index in [1.165, 1.54) is 0 Å². The molecule has 4 rings (SSSR count). The molecule has 2 aromatic heterocycles. The quantitative estimate of drug-likeness (QED) is 0.367. The van der Waals surface area contributed by atoms with E-state index in [9.17, 15) is 13.2 Å². The Morgan fingerprint density at radius 3 is 2.71 bits per heavy atom. The van der Waals surface area contributed by atoms with E-state index in [0.717, 1.165) is 44.8 Å². The molecule has 0 unspecified atom stereocenters. The van der Waals surface area contributed by atoms with Gasteiger partial charge < -0.3 is 14.5 Å². The number of hydrogen-bond donors (Lipinski definition) is 3. The Kier molecular flexibility index (Phi) is 8.01. The summed E-state index contributed by atoms with van der Waals surface area (Å²) in [6, 6.07) is 10.6. The van der Waals surface area contributed by atoms with Crippen molar-refractivity contribution >= 4 is 27.5 Å². The van der Waals surface area contributed by atoms with Gasteiger partial charge in [0.2, 0.25) is 0 Å². The molecule has 188 valence electrons. The van der Waals surface area contributed by atoms with Gasteiger partial charge in [0.05, 0.1) is 30.2 Å². The second-order valence-corrected chi connectivity index (χ2v) is 10.3. The number of aromatic nitrogens is 2. The number of nitrogens with zero attached hydrogens (tertiary/aromatic N) is 3. The summed E-state index contributed by atoms with van der Waals surface area (Å²) in [5.74, 6) is -0.147. The molecule has 0 spiro atoms. The molecule has 1 fully saturated rings. The number of pyridine rings is 1. The number of ether oxygens (including phenoxy) is 1. The Hall–Kier alpha value is -2.99. The van der Waals surface area contributed by atoms with E-state index in [1.807, 2.05) is 26.1 Å². The standard InChI is InChI=1S/C24H32N6O4S/c1-18(2)26-24(31)20-7-8-23-27-22(17-30(23)16-20)19-5-3-6-21(15-19)28-35(32,33)25-9-4-10-29-11-13-34-14-12-29/h3,5-8,15-18,25,28H,4,9-14H2,1-2H3,(H,26,31). The van der Waals surface area contributed by atoms with E-state index in [-0.39, 0.29) is 11.9 Å². The first-order chi connectivity index (χ1) is 16.8. The molecule has 0 atom stereocenters. The largest absolute Gasteiger partial charge is 0.379 e. The summed E-state index contributed by atoms with van der Waals surface area (Å²) in [6.07, 6.45) is 4.27. The predicted octanol–water partition coefficient (Wildman–Crippen LogP) is 2.11. The lowest BCUT2D eigenvalue weighted by Gasteiger charge is -2.26. The zero-order valence-electron chi connectivity index (χ0n) is 20.0. The normalized spacial score (nSPS) is 14.9. The molecule has 1 aliphatic heterocycles. The van der Waals surface area contributed by atoms with Gasteiger partial charge in [0, 0.05) is 43.6 Å². The lowest BCUT2D eigenvalue weighted by atomic mass is 10.1. The topological polar surface area (TPSA) is 117 Å². The van der Waals surface area contributed by atoms with E-state index in [4.69, 9.17) is 4.74 Å². The number of benzene rings is 1. The number of morpholine rings is 1. The highest BCUT2D eigenvalue weighted by Gasteiger charge is 2.14. The van der Waals surface area contributed by atoms with E-state index >= 15 is 0 Å². The van der Waals surface area contributed by atoms with Crippen LogP contribution >= 0.6 is 0 Å². The lowest BCUT2D eigenvalue weighted by Crippen LogP contribution is -2.38. The molecule has 1 saturated heterocycles. The first-order valence-electron chi connectivity index (χ1n) is 11.8. The average Bonchev–Trinajstić information content (AvgIpc) is 3.26. The van der Waals surface area contributed by atoms with Gasteiger partial charge in [-0.05, 0) is 51.1 Å². The van der Waals surface area contributed by atoms with Crippen LogP contribution in [0.15, 0.2) is 48.8 Å². The summed E-state index contributed by atoms with van der Waals surface area (Å²) in [7, 11) is -3.70. The molecule has 3 heterocycles. The van der Waals surface area contributed by atoms with Crippen LogP contribution in [0, 0.1) is 0 Å². The number of amides is 1. The third kappa shape index (κ3) is 7.01. The van der Waals surface area contributed by atoms with Crippen LogP contribution in [-0.2, 0) is 14.9 Å². The maximum Gasteiger partial charge on any atom is 0.299 e. The van der Waals surface area contributed by atoms with Crippen LogP contribution < -0.4 is 14.8 Å². The third-order valence-electron chi connectivity index (χ3n) is 5.59. The number of nitrogens with one attached hydrogen (secondary N) is 3. The molecule has 0 saturated carbocycles. The Morgan fingerprint density at radius 2 is 1.94 bits per heavy atom. The van der Waals surface area contributed by atoms with Gasteiger partial charge >= 0.3 is 0 Å². The van der Waals surface area contributed by atoms with Crippen LogP contribution in [0.2, 0.25) is 0 Å². The molecule has 3 aromatic rings. The first kappa shape index (κ1) is 25.1. The molecule has 35 heavy (non-hydrogen) atoms. The maximum absolute atomic E-state index is 12.5. The Bertz CT molecular complexity index is 1270. The molecule has 3 N–H and O–H groups in total. The van der Waals surface area contributed by atoms with Gasteiger partial charge in [-0.15, -0.1) is 0 Å². The second-order valence-electron chi connectivity index (χ2n) is 8.83. The van der Waals surface area contributed by atoms with Crippen molar-refractivity contribution in [1.82, 2.24) is 24.3 Å². The first-order valence-corrected chi connectivity index (χ1v) is 13.2. The molecular weight excluding hydrogens is 468 g/mol. The minimum Gasteiger partial charge on any atom is -0.379 e. The van der Waals surface area contributed by atoms with E-state index in [1.54, 1.807) is 40.9 Å². The Balaban J connectivity index is 1.39. The monoisotopic (exact) mass is 500 g/mol. The zero-order chi connectivity index (χ0) is 24.8. The number of carbonyl (C=O) groups excluding carboxylic acids is 1. The molecule has 0 aliphatic carbocycles. The highest BCUT2D eigenvalue weighted by Crippen LogP contribution is 2.23. The Morgan fingerprint density at radius 1 is 1.14 bits per heavy atom. The molecule has 1 aromatic carbocycles. The fourth-order valence-electron chi connectivity index (χ4n) is 3.88. The summed E-state index contributed by atoms with van der Waals surface area (Å²) in [4.78, 5) is 19.2. The number of rotatable bonds is 10. The fourth-order valence-corrected chi connectivity index (χ4v) is 4.80. The van der Waals surface area contributed by atoms with Crippen molar-refractivity contribution in [3.05, 3.63) is 54.4 Å². The second kappa shape index (κ2) is 11.2. The van der Waals surface area contributed by atoms with Gasteiger partial charge in [0.15, 0.2) is 0 Å². The number of imidazole rings is 1. The van der Waals surface area contributed by atoms with Crippen LogP contribution in [0.4, 0.5) is 5.69 Å². The molecule has 0 bridgehead atoms. The summed E-state index contributed by atoms with van der Waals surface area (Å²) in [6.45, 7) is 8.22. The summed E-state index contributed by atoms with van der Waals surface area (Å²) >= 11 is 0. The van der Waals surface area contributed by atoms with Crippen molar-refractivity contribution in [3.8, 4) is 11.3 Å². The molecule has 10 nitrogen and oxygen atoms in total. The molecule has 1 amide bonds. The predicted molar refractivity (Wildman–Crippen MR) is 136 cm³/mol. The van der Waals surface area contributed by atoms with E-state index < -0.39 is 10.2 Å². The average molecular weight is 501 g/mol. The van der Waals surface area contributed by atoms with Crippen molar-refractivity contribution < 1.29 is 17.9 Å². The molecular formula is C24H32N6O4S. The number of fused-ring (bicyclic) bond motifs is 1. The van der Waals surface area contributed by atoms with Gasteiger partial charge in [0.25, 0.3) is 16.1 Å². The van der Waals surface area contributed by atoms with Gasteiger partial charge in [-0.1, -0.05) is 12.1 Å². The van der Waals surface area contributed by atoms with E-state index in [2.05, 4.69) is 24.6 Å². The maximum atomic E-state index is 12.5. The third-order valence-corrected chi connectivity index (χ3v) is 6.68. The minimum atomic E-state index is -3.70. The van der Waals surface area contributed by atoms with Crippen molar-refractivity contribution in [1.29, 1.82) is 0 Å². The number of carbonyl (C=O) groups is 1. The fraction of sp³-hybridized carbons (Fsp3) is 0.417. The van der Waals surface area contributed by atoms with Crippen LogP contribution in [-0.4, -0.2) is 74.0 Å². The van der Waals surface area contributed by atoms with Gasteiger partial charge in [-0.2, -0.15) is 13.1 Å². The molecule has 11 heteroatoms. The number of hydrogen-bond acceptors (Lipinski definition) is 6. The van der Waals surface area contributed by atoms with E-state index in [0.29, 0.717) is 29.1 Å². The van der Waals surface area contributed by atoms with Crippen LogP contribution in [0.25, 0.3) is 16.9 Å². The molecule has 0 radical (unpaired) electrons. The van der Waals surface area contributed by atoms with Crippen molar-refractivity contribution in [3.63, 3.8) is 0 Å². The van der Waals surface area contributed by atoms with Gasteiger partial charge in [-0.3, -0.25) is 14.4 Å². The number of anilines is 1. The van der Waals surface area contributed by atoms with Crippen molar-refractivity contribution in [2.45, 2.75) is 26.3 Å². The SMILES string of the molecule is CC(C)NC(=O)c1ccc2nc(-c3cccc(NS(=O)(=O)NCCCN4CCOCC4)c3)cn2c1. The Labute approximate surface area is 205 Å². The van der Waals surface area contributed by atoms with Crippen LogP contribution in [0.3, 0.4) is 0 Å². The highest BCUT2D eigenvalue weighted by atomic mass is 32.2. The smallest absolute Gasteiger partial charge is 0.299 e. The van der Waals surface area contributed by atoms with Gasteiger partial charge in [-0.25, -0.2) is 4.98 Å². The van der Waals surface area contributed by atoms with Gasteiger partial charge in [0.1, 0.15) is 5.65 Å². The van der Waals surface area contributed by atoms with Crippen molar-refractivity contribution in [2.24, 2.45) is 0 Å². The van der Waals surface area contributed by atoms with Crippen LogP contribution in [0.5, 0.6) is 0 Å². The summed E-state index contributed by atoms with van der Waals surface area (Å²) < 4.78 is 37.3. The summed E-state index contributed by atoms with van der Waals surface area (Å²) in [5.41, 5.74) is 3.10. The lowest BCUT2D eigenvalue weighted by molar-refractivity contribution is 0.0376. The van der Waals surface area contributed by atoms with Crippen LogP contribution in [0.1, 0.15) is 30.6 Å². The minimum absolute atomic E-state index is 0.0438. The van der Waals surface area contributed by atoms with Crippen molar-refractivity contribution in [2.75, 3.05) is 44.1 Å². The summed E-state index contributed by atoms with van der Waals surface area (Å²) in [5, 5.41) is 2.88. The zero-order valence-corrected chi connectivity index (χ0v) is 20.8.